The Hall–Kier alpha value is -1.49. The number of aromatic nitrogens is 2. The van der Waals surface area contributed by atoms with E-state index in [1.807, 2.05) is 6.07 Å². The average molecular weight is 236 g/mol. The van der Waals surface area contributed by atoms with E-state index >= 15 is 0 Å². The number of nitrogens with one attached hydrogen (secondary N) is 1. The summed E-state index contributed by atoms with van der Waals surface area (Å²) in [5.74, 6) is 0.708. The van der Waals surface area contributed by atoms with Crippen molar-refractivity contribution in [1.29, 1.82) is 0 Å². The van der Waals surface area contributed by atoms with E-state index in [4.69, 9.17) is 0 Å². The summed E-state index contributed by atoms with van der Waals surface area (Å²) in [5, 5.41) is 0.543. The fourth-order valence-electron chi connectivity index (χ4n) is 1.69. The van der Waals surface area contributed by atoms with Gasteiger partial charge in [-0.25, -0.2) is 4.79 Å². The van der Waals surface area contributed by atoms with Crippen LogP contribution in [0, 0.1) is 0 Å². The molecule has 5 heteroatoms. The molecule has 16 heavy (non-hydrogen) atoms. The van der Waals surface area contributed by atoms with Crippen molar-refractivity contribution in [3.05, 3.63) is 45.1 Å². The molecule has 4 nitrogen and oxygen atoms in total. The third kappa shape index (κ3) is 1.90. The quantitative estimate of drug-likeness (QED) is 0.781. The number of benzene rings is 1. The number of aromatic amines is 1. The van der Waals surface area contributed by atoms with Crippen molar-refractivity contribution in [3.63, 3.8) is 0 Å². The highest BCUT2D eigenvalue weighted by Gasteiger charge is 2.05. The number of para-hydroxylation sites is 1. The number of aryl methyl sites for hydroxylation is 1. The number of hydrogen-bond acceptors (Lipinski definition) is 3. The Labute approximate surface area is 97.3 Å². The second kappa shape index (κ2) is 4.57. The Bertz CT molecular complexity index is 615. The SMILES string of the molecule is O=c1[nH]c(=O)n(CCCS)c2ccccc12. The summed E-state index contributed by atoms with van der Waals surface area (Å²) in [6.07, 6.45) is 0.791. The second-order valence-electron chi connectivity index (χ2n) is 3.51. The molecule has 0 radical (unpaired) electrons. The zero-order valence-electron chi connectivity index (χ0n) is 8.64. The Morgan fingerprint density at radius 2 is 2.00 bits per heavy atom. The van der Waals surface area contributed by atoms with Crippen LogP contribution in [0.2, 0.25) is 0 Å². The molecule has 2 aromatic rings. The maximum Gasteiger partial charge on any atom is 0.328 e. The van der Waals surface area contributed by atoms with Crippen LogP contribution in [-0.4, -0.2) is 15.3 Å². The van der Waals surface area contributed by atoms with Crippen LogP contribution in [0.25, 0.3) is 10.9 Å². The summed E-state index contributed by atoms with van der Waals surface area (Å²) < 4.78 is 1.58. The minimum Gasteiger partial charge on any atom is -0.293 e. The van der Waals surface area contributed by atoms with Crippen LogP contribution in [0.5, 0.6) is 0 Å². The molecule has 0 aliphatic heterocycles. The second-order valence-corrected chi connectivity index (χ2v) is 3.95. The third-order valence-corrected chi connectivity index (χ3v) is 2.76. The maximum absolute atomic E-state index is 11.6. The first kappa shape index (κ1) is 11.0. The molecule has 0 saturated carbocycles. The minimum atomic E-state index is -0.356. The average Bonchev–Trinajstić information content (AvgIpc) is 2.29. The predicted molar refractivity (Wildman–Crippen MR) is 67.3 cm³/mol. The number of H-pyrrole nitrogens is 1. The summed E-state index contributed by atoms with van der Waals surface area (Å²) >= 11 is 4.11. The van der Waals surface area contributed by atoms with Crippen molar-refractivity contribution in [1.82, 2.24) is 9.55 Å². The highest BCUT2D eigenvalue weighted by molar-refractivity contribution is 7.80. The summed E-state index contributed by atoms with van der Waals surface area (Å²) in [6.45, 7) is 0.569. The van der Waals surface area contributed by atoms with Crippen molar-refractivity contribution in [3.8, 4) is 0 Å². The number of nitrogens with zero attached hydrogens (tertiary/aromatic N) is 1. The van der Waals surface area contributed by atoms with Gasteiger partial charge in [0.15, 0.2) is 0 Å². The number of fused-ring (bicyclic) bond motifs is 1. The van der Waals surface area contributed by atoms with E-state index < -0.39 is 0 Å². The zero-order valence-corrected chi connectivity index (χ0v) is 9.54. The topological polar surface area (TPSA) is 54.9 Å². The van der Waals surface area contributed by atoms with E-state index in [1.54, 1.807) is 22.8 Å². The first-order chi connectivity index (χ1) is 7.74. The van der Waals surface area contributed by atoms with Crippen LogP contribution in [-0.2, 0) is 6.54 Å². The highest BCUT2D eigenvalue weighted by atomic mass is 32.1. The molecule has 1 heterocycles. The van der Waals surface area contributed by atoms with Crippen molar-refractivity contribution < 1.29 is 0 Å². The van der Waals surface area contributed by atoms with Crippen LogP contribution in [0.3, 0.4) is 0 Å². The summed E-state index contributed by atoms with van der Waals surface area (Å²) in [7, 11) is 0. The molecule has 0 amide bonds. The van der Waals surface area contributed by atoms with E-state index in [0.29, 0.717) is 23.2 Å². The molecule has 0 bridgehead atoms. The minimum absolute atomic E-state index is 0.331. The normalized spacial score (nSPS) is 10.8. The van der Waals surface area contributed by atoms with E-state index in [1.165, 1.54) is 0 Å². The first-order valence-electron chi connectivity index (χ1n) is 5.07. The maximum atomic E-state index is 11.6. The lowest BCUT2D eigenvalue weighted by atomic mass is 10.2. The third-order valence-electron chi connectivity index (χ3n) is 2.44. The van der Waals surface area contributed by atoms with Gasteiger partial charge in [-0.1, -0.05) is 12.1 Å². The van der Waals surface area contributed by atoms with Gasteiger partial charge in [-0.05, 0) is 24.3 Å². The fourth-order valence-corrected chi connectivity index (χ4v) is 1.83. The summed E-state index contributed by atoms with van der Waals surface area (Å²) in [5.41, 5.74) is -0.00811. The van der Waals surface area contributed by atoms with Gasteiger partial charge in [0.1, 0.15) is 0 Å². The number of rotatable bonds is 3. The Morgan fingerprint density at radius 3 is 2.75 bits per heavy atom. The van der Waals surface area contributed by atoms with Crippen molar-refractivity contribution in [2.24, 2.45) is 0 Å². The molecule has 1 aromatic carbocycles. The molecule has 0 unspecified atom stereocenters. The molecular weight excluding hydrogens is 224 g/mol. The van der Waals surface area contributed by atoms with E-state index in [9.17, 15) is 9.59 Å². The molecule has 0 aliphatic carbocycles. The zero-order chi connectivity index (χ0) is 11.5. The van der Waals surface area contributed by atoms with Gasteiger partial charge in [0.2, 0.25) is 0 Å². The molecule has 0 saturated heterocycles. The molecule has 84 valence electrons. The monoisotopic (exact) mass is 236 g/mol. The molecule has 1 aromatic heterocycles. The fraction of sp³-hybridized carbons (Fsp3) is 0.273. The van der Waals surface area contributed by atoms with Gasteiger partial charge in [0, 0.05) is 6.54 Å². The Morgan fingerprint density at radius 1 is 1.25 bits per heavy atom. The van der Waals surface area contributed by atoms with Crippen LogP contribution in [0.1, 0.15) is 6.42 Å². The predicted octanol–water partition coefficient (Wildman–Crippen LogP) is 1.01. The largest absolute Gasteiger partial charge is 0.328 e. The van der Waals surface area contributed by atoms with Gasteiger partial charge in [-0.3, -0.25) is 14.3 Å². The molecule has 0 atom stereocenters. The standard InChI is InChI=1S/C11H12N2O2S/c14-10-8-4-1-2-5-9(8)13(6-3-7-16)11(15)12-10/h1-2,4-5,16H,3,6-7H2,(H,12,14,15). The lowest BCUT2D eigenvalue weighted by molar-refractivity contribution is 0.663. The van der Waals surface area contributed by atoms with Crippen LogP contribution in [0.15, 0.2) is 33.9 Å². The molecular formula is C11H12N2O2S. The van der Waals surface area contributed by atoms with Crippen LogP contribution >= 0.6 is 12.6 Å². The van der Waals surface area contributed by atoms with Gasteiger partial charge in [-0.2, -0.15) is 12.6 Å². The van der Waals surface area contributed by atoms with Crippen molar-refractivity contribution >= 4 is 23.5 Å². The molecule has 2 rings (SSSR count). The smallest absolute Gasteiger partial charge is 0.293 e. The molecule has 1 N–H and O–H groups in total. The number of thiol groups is 1. The van der Waals surface area contributed by atoms with E-state index in [-0.39, 0.29) is 11.2 Å². The van der Waals surface area contributed by atoms with Gasteiger partial charge < -0.3 is 0 Å². The van der Waals surface area contributed by atoms with Gasteiger partial charge in [0.25, 0.3) is 5.56 Å². The van der Waals surface area contributed by atoms with Crippen molar-refractivity contribution in [2.75, 3.05) is 5.75 Å². The van der Waals surface area contributed by atoms with Crippen LogP contribution in [0.4, 0.5) is 0 Å². The Balaban J connectivity index is 2.72. The van der Waals surface area contributed by atoms with E-state index in [2.05, 4.69) is 17.6 Å². The molecule has 0 fully saturated rings. The highest BCUT2D eigenvalue weighted by Crippen LogP contribution is 2.06. The summed E-state index contributed by atoms with van der Waals surface area (Å²) in [4.78, 5) is 25.5. The first-order valence-corrected chi connectivity index (χ1v) is 5.70. The van der Waals surface area contributed by atoms with E-state index in [0.717, 1.165) is 6.42 Å². The van der Waals surface area contributed by atoms with Gasteiger partial charge >= 0.3 is 5.69 Å². The lowest BCUT2D eigenvalue weighted by Gasteiger charge is -2.07. The number of hydrogen-bond donors (Lipinski definition) is 2. The summed E-state index contributed by atoms with van der Waals surface area (Å²) in [6, 6.07) is 7.10. The lowest BCUT2D eigenvalue weighted by Crippen LogP contribution is -2.30. The molecule has 0 aliphatic rings. The molecule has 0 spiro atoms. The van der Waals surface area contributed by atoms with Crippen molar-refractivity contribution in [2.45, 2.75) is 13.0 Å². The Kier molecular flexibility index (Phi) is 3.14. The van der Waals surface area contributed by atoms with Gasteiger partial charge in [-0.15, -0.1) is 0 Å². The van der Waals surface area contributed by atoms with Gasteiger partial charge in [0.05, 0.1) is 10.9 Å². The van der Waals surface area contributed by atoms with Crippen LogP contribution < -0.4 is 11.2 Å².